The molecule has 0 unspecified atom stereocenters. The molecule has 1 aliphatic heterocycles. The van der Waals surface area contributed by atoms with Crippen LogP contribution in [0.25, 0.3) is 11.8 Å². The minimum Gasteiger partial charge on any atom is -0.508 e. The summed E-state index contributed by atoms with van der Waals surface area (Å²) in [6, 6.07) is 24.3. The van der Waals surface area contributed by atoms with Gasteiger partial charge in [0.15, 0.2) is 0 Å². The molecule has 0 aromatic heterocycles. The van der Waals surface area contributed by atoms with E-state index in [1.165, 1.54) is 0 Å². The minimum atomic E-state index is -0.0949. The molecule has 1 N–H and O–H groups in total. The Morgan fingerprint density at radius 2 is 1.52 bits per heavy atom. The quantitative estimate of drug-likeness (QED) is 0.561. The first-order valence-corrected chi connectivity index (χ1v) is 9.29. The Bertz CT molecular complexity index is 1040. The van der Waals surface area contributed by atoms with Crippen LogP contribution in [0.1, 0.15) is 11.1 Å². The van der Waals surface area contributed by atoms with Crippen molar-refractivity contribution in [2.24, 2.45) is 0 Å². The summed E-state index contributed by atoms with van der Waals surface area (Å²) < 4.78 is 0.994. The number of aromatic hydroxyl groups is 1. The number of phenols is 1. The fourth-order valence-corrected chi connectivity index (χ4v) is 3.30. The van der Waals surface area contributed by atoms with Crippen LogP contribution in [0.5, 0.6) is 5.75 Å². The molecular weight excluding hydrogens is 402 g/mol. The van der Waals surface area contributed by atoms with E-state index in [4.69, 9.17) is 0 Å². The molecule has 0 saturated carbocycles. The van der Waals surface area contributed by atoms with E-state index in [9.17, 15) is 9.90 Å². The molecule has 4 heteroatoms. The van der Waals surface area contributed by atoms with Gasteiger partial charge >= 0.3 is 0 Å². The lowest BCUT2D eigenvalue weighted by Gasteiger charge is -2.20. The van der Waals surface area contributed by atoms with Crippen molar-refractivity contribution in [3.63, 3.8) is 0 Å². The maximum absolute atomic E-state index is 13.2. The molecule has 132 valence electrons. The Labute approximate surface area is 166 Å². The number of phenolic OH excluding ortho intramolecular Hbond substituents is 1. The highest BCUT2D eigenvalue weighted by Gasteiger charge is 2.30. The fourth-order valence-electron chi connectivity index (χ4n) is 3.03. The number of carbonyl (C=O) groups is 1. The predicted molar refractivity (Wildman–Crippen MR) is 112 cm³/mol. The van der Waals surface area contributed by atoms with Crippen LogP contribution in [0.4, 0.5) is 5.69 Å². The molecule has 0 bridgehead atoms. The van der Waals surface area contributed by atoms with Gasteiger partial charge in [-0.25, -0.2) is 0 Å². The summed E-state index contributed by atoms with van der Waals surface area (Å²) in [6.45, 7) is 0. The molecule has 0 spiro atoms. The summed E-state index contributed by atoms with van der Waals surface area (Å²) in [7, 11) is 0. The number of carbonyl (C=O) groups excluding carboxylic acids is 1. The highest BCUT2D eigenvalue weighted by atomic mass is 79.9. The van der Waals surface area contributed by atoms with E-state index < -0.39 is 0 Å². The molecule has 0 saturated heterocycles. The van der Waals surface area contributed by atoms with Crippen molar-refractivity contribution in [2.45, 2.75) is 0 Å². The van der Waals surface area contributed by atoms with Crippen LogP contribution in [0, 0.1) is 0 Å². The van der Waals surface area contributed by atoms with Crippen molar-refractivity contribution in [1.29, 1.82) is 0 Å². The number of hydrogen-bond acceptors (Lipinski definition) is 2. The fraction of sp³-hybridized carbons (Fsp3) is 0. The minimum absolute atomic E-state index is 0.0949. The molecule has 0 radical (unpaired) electrons. The van der Waals surface area contributed by atoms with Crippen LogP contribution in [0.2, 0.25) is 0 Å². The van der Waals surface area contributed by atoms with Crippen molar-refractivity contribution in [1.82, 2.24) is 0 Å². The highest BCUT2D eigenvalue weighted by Crippen LogP contribution is 2.35. The topological polar surface area (TPSA) is 40.5 Å². The molecule has 3 nitrogen and oxygen atoms in total. The largest absolute Gasteiger partial charge is 0.508 e. The zero-order valence-electron chi connectivity index (χ0n) is 14.3. The SMILES string of the molecule is O=C1/C(=C/c2ccc(Br)cc2)C=C(c2ccccc2)N1c1ccc(O)cc1. The van der Waals surface area contributed by atoms with E-state index in [-0.39, 0.29) is 11.7 Å². The normalized spacial score (nSPS) is 15.3. The molecule has 1 heterocycles. The van der Waals surface area contributed by atoms with Gasteiger partial charge in [-0.15, -0.1) is 0 Å². The van der Waals surface area contributed by atoms with Gasteiger partial charge in [-0.05, 0) is 59.7 Å². The number of hydrogen-bond donors (Lipinski definition) is 1. The van der Waals surface area contributed by atoms with Crippen molar-refractivity contribution < 1.29 is 9.90 Å². The van der Waals surface area contributed by atoms with E-state index >= 15 is 0 Å². The van der Waals surface area contributed by atoms with Gasteiger partial charge in [0.2, 0.25) is 0 Å². The molecule has 4 rings (SSSR count). The van der Waals surface area contributed by atoms with Gasteiger partial charge in [0, 0.05) is 15.7 Å². The lowest BCUT2D eigenvalue weighted by Crippen LogP contribution is -2.24. The van der Waals surface area contributed by atoms with E-state index in [1.807, 2.05) is 66.7 Å². The van der Waals surface area contributed by atoms with Crippen molar-refractivity contribution >= 4 is 39.3 Å². The number of nitrogens with zero attached hydrogens (tertiary/aromatic N) is 1. The van der Waals surface area contributed by atoms with Gasteiger partial charge in [0.05, 0.1) is 5.70 Å². The molecule has 3 aromatic rings. The summed E-state index contributed by atoms with van der Waals surface area (Å²) in [5.74, 6) is 0.0729. The Morgan fingerprint density at radius 1 is 0.852 bits per heavy atom. The lowest BCUT2D eigenvalue weighted by molar-refractivity contribution is -0.113. The van der Waals surface area contributed by atoms with Crippen molar-refractivity contribution in [2.75, 3.05) is 4.90 Å². The van der Waals surface area contributed by atoms with Gasteiger partial charge in [0.1, 0.15) is 5.75 Å². The molecule has 1 amide bonds. The van der Waals surface area contributed by atoms with Crippen molar-refractivity contribution in [3.8, 4) is 5.75 Å². The first kappa shape index (κ1) is 17.3. The second-order valence-electron chi connectivity index (χ2n) is 6.20. The molecule has 1 aliphatic rings. The van der Waals surface area contributed by atoms with Crippen LogP contribution in [0.3, 0.4) is 0 Å². The Kier molecular flexibility index (Phi) is 4.65. The number of halogens is 1. The number of benzene rings is 3. The molecule has 0 aliphatic carbocycles. The summed E-state index contributed by atoms with van der Waals surface area (Å²) in [6.07, 6.45) is 3.80. The van der Waals surface area contributed by atoms with E-state index in [0.29, 0.717) is 11.3 Å². The van der Waals surface area contributed by atoms with Crippen LogP contribution in [-0.4, -0.2) is 11.0 Å². The molecule has 0 atom stereocenters. The lowest BCUT2D eigenvalue weighted by atomic mass is 10.1. The average molecular weight is 418 g/mol. The van der Waals surface area contributed by atoms with Gasteiger partial charge in [-0.3, -0.25) is 9.69 Å². The van der Waals surface area contributed by atoms with Crippen LogP contribution in [0.15, 0.2) is 95.0 Å². The zero-order chi connectivity index (χ0) is 18.8. The Hall–Kier alpha value is -3.11. The monoisotopic (exact) mass is 417 g/mol. The first-order valence-electron chi connectivity index (χ1n) is 8.50. The molecule has 27 heavy (non-hydrogen) atoms. The molecular formula is C23H16BrNO2. The third kappa shape index (κ3) is 3.57. The summed E-state index contributed by atoms with van der Waals surface area (Å²) in [5.41, 5.74) is 4.06. The van der Waals surface area contributed by atoms with Crippen LogP contribution < -0.4 is 4.90 Å². The van der Waals surface area contributed by atoms with E-state index in [2.05, 4.69) is 15.9 Å². The van der Waals surface area contributed by atoms with Crippen LogP contribution in [-0.2, 0) is 4.79 Å². The highest BCUT2D eigenvalue weighted by molar-refractivity contribution is 9.10. The molecule has 3 aromatic carbocycles. The van der Waals surface area contributed by atoms with Crippen LogP contribution >= 0.6 is 15.9 Å². The smallest absolute Gasteiger partial charge is 0.262 e. The number of rotatable bonds is 3. The maximum atomic E-state index is 13.2. The van der Waals surface area contributed by atoms with E-state index in [1.54, 1.807) is 29.2 Å². The number of amides is 1. The summed E-state index contributed by atoms with van der Waals surface area (Å²) in [4.78, 5) is 14.9. The maximum Gasteiger partial charge on any atom is 0.262 e. The van der Waals surface area contributed by atoms with Crippen molar-refractivity contribution in [3.05, 3.63) is 106 Å². The van der Waals surface area contributed by atoms with Gasteiger partial charge in [-0.2, -0.15) is 0 Å². The zero-order valence-corrected chi connectivity index (χ0v) is 15.9. The Morgan fingerprint density at radius 3 is 2.19 bits per heavy atom. The summed E-state index contributed by atoms with van der Waals surface area (Å²) >= 11 is 3.43. The standard InChI is InChI=1S/C23H16BrNO2/c24-19-8-6-16(7-9-19)14-18-15-22(17-4-2-1-3-5-17)25(23(18)27)20-10-12-21(26)13-11-20/h1-15,26H/b18-14+. The second kappa shape index (κ2) is 7.25. The Balaban J connectivity index is 1.80. The summed E-state index contributed by atoms with van der Waals surface area (Å²) in [5, 5.41) is 9.58. The van der Waals surface area contributed by atoms with Gasteiger partial charge in [0.25, 0.3) is 5.91 Å². The second-order valence-corrected chi connectivity index (χ2v) is 7.12. The first-order chi connectivity index (χ1) is 13.1. The average Bonchev–Trinajstić information content (AvgIpc) is 3.01. The predicted octanol–water partition coefficient (Wildman–Crippen LogP) is 5.63. The molecule has 0 fully saturated rings. The third-order valence-corrected chi connectivity index (χ3v) is 4.88. The van der Waals surface area contributed by atoms with Gasteiger partial charge < -0.3 is 5.11 Å². The third-order valence-electron chi connectivity index (χ3n) is 4.35. The number of anilines is 1. The van der Waals surface area contributed by atoms with E-state index in [0.717, 1.165) is 21.3 Å². The van der Waals surface area contributed by atoms with Gasteiger partial charge in [-0.1, -0.05) is 58.4 Å².